The van der Waals surface area contributed by atoms with Gasteiger partial charge in [-0.25, -0.2) is 0 Å². The maximum atomic E-state index is 12.6. The van der Waals surface area contributed by atoms with Crippen LogP contribution in [0.1, 0.15) is 12.0 Å². The standard InChI is InChI=1S/C21H27N2O6P/c1-28-30(27,29-2)15-23-19(21(26)22-13-12-20(24)25)14-16-8-10-18(11-9-16)17-6-4-3-5-7-17/h3-11,19,23H,12-15H2,1-2H3,(H,22,26)(H,24,25). The number of carbonyl (C=O) groups is 2. The van der Waals surface area contributed by atoms with Gasteiger partial charge in [0.05, 0.1) is 18.7 Å². The molecule has 162 valence electrons. The number of hydrogen-bond donors (Lipinski definition) is 3. The number of rotatable bonds is 12. The minimum absolute atomic E-state index is 0.00546. The van der Waals surface area contributed by atoms with Crippen LogP contribution < -0.4 is 10.6 Å². The molecule has 0 saturated carbocycles. The molecule has 0 heterocycles. The topological polar surface area (TPSA) is 114 Å². The lowest BCUT2D eigenvalue weighted by atomic mass is 10.0. The van der Waals surface area contributed by atoms with E-state index in [2.05, 4.69) is 10.6 Å². The van der Waals surface area contributed by atoms with Gasteiger partial charge in [0.1, 0.15) is 0 Å². The van der Waals surface area contributed by atoms with Crippen LogP contribution in [0.15, 0.2) is 54.6 Å². The Morgan fingerprint density at radius 1 is 1.00 bits per heavy atom. The second kappa shape index (κ2) is 11.6. The molecule has 0 spiro atoms. The molecule has 2 aromatic rings. The Morgan fingerprint density at radius 3 is 2.17 bits per heavy atom. The first kappa shape index (κ1) is 23.8. The highest BCUT2D eigenvalue weighted by molar-refractivity contribution is 7.53. The van der Waals surface area contributed by atoms with E-state index in [9.17, 15) is 14.2 Å². The van der Waals surface area contributed by atoms with Gasteiger partial charge in [-0.05, 0) is 23.1 Å². The first-order valence-corrected chi connectivity index (χ1v) is 11.2. The van der Waals surface area contributed by atoms with Crippen LogP contribution in [0.5, 0.6) is 0 Å². The molecular weight excluding hydrogens is 407 g/mol. The number of amides is 1. The van der Waals surface area contributed by atoms with Crippen LogP contribution in [-0.4, -0.2) is 50.1 Å². The Labute approximate surface area is 176 Å². The van der Waals surface area contributed by atoms with Gasteiger partial charge in [-0.15, -0.1) is 0 Å². The molecule has 1 unspecified atom stereocenters. The molecule has 1 amide bonds. The second-order valence-corrected chi connectivity index (χ2v) is 8.86. The fourth-order valence-corrected chi connectivity index (χ4v) is 3.65. The molecule has 2 aromatic carbocycles. The third-order valence-electron chi connectivity index (χ3n) is 4.54. The van der Waals surface area contributed by atoms with Crippen molar-refractivity contribution < 1.29 is 28.3 Å². The van der Waals surface area contributed by atoms with E-state index in [4.69, 9.17) is 14.2 Å². The molecule has 0 radical (unpaired) electrons. The van der Waals surface area contributed by atoms with Crippen molar-refractivity contribution in [1.29, 1.82) is 0 Å². The number of nitrogens with one attached hydrogen (secondary N) is 2. The maximum absolute atomic E-state index is 12.6. The minimum atomic E-state index is -3.35. The zero-order chi connectivity index (χ0) is 22.0. The van der Waals surface area contributed by atoms with E-state index in [1.54, 1.807) is 0 Å². The van der Waals surface area contributed by atoms with Gasteiger partial charge in [-0.2, -0.15) is 0 Å². The van der Waals surface area contributed by atoms with E-state index >= 15 is 0 Å². The summed E-state index contributed by atoms with van der Waals surface area (Å²) in [4.78, 5) is 23.3. The monoisotopic (exact) mass is 434 g/mol. The Bertz CT molecular complexity index is 865. The van der Waals surface area contributed by atoms with Crippen molar-refractivity contribution >= 4 is 19.5 Å². The fourth-order valence-electron chi connectivity index (χ4n) is 2.80. The largest absolute Gasteiger partial charge is 0.481 e. The molecule has 3 N–H and O–H groups in total. The summed E-state index contributed by atoms with van der Waals surface area (Å²) in [6.07, 6.45) is -0.0145. The van der Waals surface area contributed by atoms with Crippen LogP contribution >= 0.6 is 7.60 Å². The molecule has 2 rings (SSSR count). The number of hydrogen-bond acceptors (Lipinski definition) is 6. The maximum Gasteiger partial charge on any atom is 0.343 e. The molecule has 0 aliphatic rings. The summed E-state index contributed by atoms with van der Waals surface area (Å²) in [6.45, 7) is 0.00546. The van der Waals surface area contributed by atoms with Crippen molar-refractivity contribution in [2.24, 2.45) is 0 Å². The molecule has 0 fully saturated rings. The molecule has 1 atom stereocenters. The molecule has 8 nitrogen and oxygen atoms in total. The van der Waals surface area contributed by atoms with Gasteiger partial charge in [-0.3, -0.25) is 19.5 Å². The Hall–Kier alpha value is -2.51. The number of carboxylic acid groups (broad SMARTS) is 1. The first-order chi connectivity index (χ1) is 14.4. The average molecular weight is 434 g/mol. The van der Waals surface area contributed by atoms with Gasteiger partial charge in [0, 0.05) is 20.8 Å². The Morgan fingerprint density at radius 2 is 1.60 bits per heavy atom. The van der Waals surface area contributed by atoms with E-state index in [1.807, 2.05) is 54.6 Å². The molecule has 30 heavy (non-hydrogen) atoms. The van der Waals surface area contributed by atoms with Crippen LogP contribution in [0.4, 0.5) is 0 Å². The van der Waals surface area contributed by atoms with Crippen molar-refractivity contribution in [3.63, 3.8) is 0 Å². The molecule has 0 bridgehead atoms. The van der Waals surface area contributed by atoms with Gasteiger partial charge in [0.15, 0.2) is 0 Å². The SMILES string of the molecule is COP(=O)(CNC(Cc1ccc(-c2ccccc2)cc1)C(=O)NCCC(=O)O)OC. The van der Waals surface area contributed by atoms with Gasteiger partial charge in [0.25, 0.3) is 0 Å². The number of carbonyl (C=O) groups excluding carboxylic acids is 1. The predicted octanol–water partition coefficient (Wildman–Crippen LogP) is 2.89. The summed E-state index contributed by atoms with van der Waals surface area (Å²) in [7, 11) is -0.806. The van der Waals surface area contributed by atoms with E-state index in [1.165, 1.54) is 14.2 Å². The predicted molar refractivity (Wildman–Crippen MR) is 114 cm³/mol. The van der Waals surface area contributed by atoms with Gasteiger partial charge in [0.2, 0.25) is 5.91 Å². The highest BCUT2D eigenvalue weighted by Crippen LogP contribution is 2.44. The number of benzene rings is 2. The Kier molecular flexibility index (Phi) is 9.20. The summed E-state index contributed by atoms with van der Waals surface area (Å²) < 4.78 is 22.1. The Balaban J connectivity index is 2.09. The van der Waals surface area contributed by atoms with Crippen LogP contribution in [0, 0.1) is 0 Å². The lowest BCUT2D eigenvalue weighted by molar-refractivity contribution is -0.137. The van der Waals surface area contributed by atoms with Crippen molar-refractivity contribution in [1.82, 2.24) is 10.6 Å². The highest BCUT2D eigenvalue weighted by atomic mass is 31.2. The van der Waals surface area contributed by atoms with Crippen LogP contribution in [0.25, 0.3) is 11.1 Å². The smallest absolute Gasteiger partial charge is 0.343 e. The summed E-state index contributed by atoms with van der Waals surface area (Å²) in [5.74, 6) is -1.39. The minimum Gasteiger partial charge on any atom is -0.481 e. The van der Waals surface area contributed by atoms with Gasteiger partial charge >= 0.3 is 13.6 Å². The van der Waals surface area contributed by atoms with Gasteiger partial charge in [-0.1, -0.05) is 54.6 Å². The summed E-state index contributed by atoms with van der Waals surface area (Å²) in [5.41, 5.74) is 3.04. The van der Waals surface area contributed by atoms with E-state index < -0.39 is 19.6 Å². The zero-order valence-corrected chi connectivity index (χ0v) is 17.9. The van der Waals surface area contributed by atoms with Gasteiger partial charge < -0.3 is 19.5 Å². The van der Waals surface area contributed by atoms with E-state index in [-0.39, 0.29) is 25.2 Å². The molecule has 9 heteroatoms. The fraction of sp³-hybridized carbons (Fsp3) is 0.333. The average Bonchev–Trinajstić information content (AvgIpc) is 2.77. The molecule has 0 aliphatic heterocycles. The first-order valence-electron chi connectivity index (χ1n) is 9.44. The van der Waals surface area contributed by atoms with Crippen LogP contribution in [0.3, 0.4) is 0 Å². The van der Waals surface area contributed by atoms with Crippen LogP contribution in [0.2, 0.25) is 0 Å². The highest BCUT2D eigenvalue weighted by Gasteiger charge is 2.26. The van der Waals surface area contributed by atoms with E-state index in [0.29, 0.717) is 6.42 Å². The summed E-state index contributed by atoms with van der Waals surface area (Å²) in [6, 6.07) is 17.0. The second-order valence-electron chi connectivity index (χ2n) is 6.59. The lowest BCUT2D eigenvalue weighted by Gasteiger charge is -2.21. The summed E-state index contributed by atoms with van der Waals surface area (Å²) in [5, 5.41) is 14.3. The zero-order valence-electron chi connectivity index (χ0n) is 17.0. The number of aliphatic carboxylic acids is 1. The number of carboxylic acids is 1. The van der Waals surface area contributed by atoms with Crippen molar-refractivity contribution in [3.05, 3.63) is 60.2 Å². The van der Waals surface area contributed by atoms with Crippen molar-refractivity contribution in [2.75, 3.05) is 27.1 Å². The third kappa shape index (κ3) is 7.39. The van der Waals surface area contributed by atoms with E-state index in [0.717, 1.165) is 16.7 Å². The molecule has 0 saturated heterocycles. The lowest BCUT2D eigenvalue weighted by Crippen LogP contribution is -2.46. The molecule has 0 aromatic heterocycles. The third-order valence-corrected chi connectivity index (χ3v) is 6.23. The normalized spacial score (nSPS) is 12.3. The van der Waals surface area contributed by atoms with Crippen molar-refractivity contribution in [2.45, 2.75) is 18.9 Å². The van der Waals surface area contributed by atoms with Crippen molar-refractivity contribution in [3.8, 4) is 11.1 Å². The molecule has 0 aliphatic carbocycles. The summed E-state index contributed by atoms with van der Waals surface area (Å²) >= 11 is 0. The quantitative estimate of drug-likeness (QED) is 0.440. The molecular formula is C21H27N2O6P. The van der Waals surface area contributed by atoms with Crippen LogP contribution in [-0.2, 0) is 29.6 Å².